The Morgan fingerprint density at radius 1 is 0.854 bits per heavy atom. The third-order valence-electron chi connectivity index (χ3n) is 6.76. The fourth-order valence-corrected chi connectivity index (χ4v) is 4.40. The molecular formula is C31H34FN3O6. The monoisotopic (exact) mass is 563 g/mol. The zero-order valence-corrected chi connectivity index (χ0v) is 22.9. The first-order valence-corrected chi connectivity index (χ1v) is 13.7. The number of benzene rings is 3. The number of para-hydroxylation sites is 1. The van der Waals surface area contributed by atoms with Crippen LogP contribution in [0.15, 0.2) is 78.9 Å². The van der Waals surface area contributed by atoms with Gasteiger partial charge < -0.3 is 24.8 Å². The van der Waals surface area contributed by atoms with Gasteiger partial charge in [-0.3, -0.25) is 14.5 Å². The molecule has 3 aromatic rings. The Balaban J connectivity index is 1.30. The minimum absolute atomic E-state index is 0.00797. The van der Waals surface area contributed by atoms with Gasteiger partial charge in [0.25, 0.3) is 5.91 Å². The number of unbranched alkanes of at least 4 members (excludes halogenated alkanes) is 2. The van der Waals surface area contributed by atoms with Crippen LogP contribution >= 0.6 is 0 Å². The number of anilines is 1. The Morgan fingerprint density at radius 3 is 2.05 bits per heavy atom. The molecule has 10 heteroatoms. The van der Waals surface area contributed by atoms with Crippen LogP contribution in [0, 0.1) is 0 Å². The van der Waals surface area contributed by atoms with Crippen LogP contribution < -0.4 is 14.8 Å². The van der Waals surface area contributed by atoms with E-state index in [2.05, 4.69) is 17.1 Å². The van der Waals surface area contributed by atoms with Crippen molar-refractivity contribution >= 4 is 23.5 Å². The lowest BCUT2D eigenvalue weighted by Crippen LogP contribution is -2.50. The average molecular weight is 564 g/mol. The zero-order valence-electron chi connectivity index (χ0n) is 22.9. The van der Waals surface area contributed by atoms with E-state index < -0.39 is 17.7 Å². The Morgan fingerprint density at radius 2 is 1.46 bits per heavy atom. The van der Waals surface area contributed by atoms with Gasteiger partial charge >= 0.3 is 17.7 Å². The van der Waals surface area contributed by atoms with Crippen LogP contribution in [0.5, 0.6) is 17.2 Å². The second-order valence-corrected chi connectivity index (χ2v) is 9.76. The maximum atomic E-state index is 15.0. The third-order valence-corrected chi connectivity index (χ3v) is 6.76. The highest BCUT2D eigenvalue weighted by Crippen LogP contribution is 2.26. The number of hydrogen-bond acceptors (Lipinski definition) is 6. The van der Waals surface area contributed by atoms with E-state index in [4.69, 9.17) is 9.47 Å². The normalized spacial score (nSPS) is 15.0. The molecule has 2 N–H and O–H groups in total. The van der Waals surface area contributed by atoms with E-state index in [1.54, 1.807) is 30.3 Å². The lowest BCUT2D eigenvalue weighted by Gasteiger charge is -2.34. The molecule has 0 bridgehead atoms. The SMILES string of the molecule is CCCCCN1CCN(C(=O)c2ccc(Oc3ccc(NC(=O)C(F)(Oc4ccccc4)C(=O)O)cc3)cc2)CC1. The number of aliphatic carboxylic acids is 1. The van der Waals surface area contributed by atoms with Crippen molar-refractivity contribution in [3.05, 3.63) is 84.4 Å². The van der Waals surface area contributed by atoms with Gasteiger partial charge in [-0.05, 0) is 73.6 Å². The first-order chi connectivity index (χ1) is 19.8. The van der Waals surface area contributed by atoms with Gasteiger partial charge in [0.05, 0.1) is 0 Å². The minimum atomic E-state index is -3.63. The summed E-state index contributed by atoms with van der Waals surface area (Å²) in [5.74, 6) is -6.38. The molecule has 1 atom stereocenters. The maximum absolute atomic E-state index is 15.0. The number of hydrogen-bond donors (Lipinski definition) is 2. The molecule has 0 saturated carbocycles. The summed E-state index contributed by atoms with van der Waals surface area (Å²) in [6.07, 6.45) is 3.62. The molecule has 216 valence electrons. The van der Waals surface area contributed by atoms with Crippen molar-refractivity contribution in [2.24, 2.45) is 0 Å². The smallest absolute Gasteiger partial charge is 0.425 e. The molecule has 1 saturated heterocycles. The highest BCUT2D eigenvalue weighted by molar-refractivity contribution is 6.10. The third kappa shape index (κ3) is 7.82. The van der Waals surface area contributed by atoms with Crippen LogP contribution in [0.25, 0.3) is 0 Å². The number of halogens is 1. The van der Waals surface area contributed by atoms with Crippen molar-refractivity contribution in [3.63, 3.8) is 0 Å². The minimum Gasteiger partial charge on any atom is -0.476 e. The lowest BCUT2D eigenvalue weighted by atomic mass is 10.1. The van der Waals surface area contributed by atoms with E-state index in [1.807, 2.05) is 4.90 Å². The van der Waals surface area contributed by atoms with Gasteiger partial charge in [0.2, 0.25) is 0 Å². The summed E-state index contributed by atoms with van der Waals surface area (Å²) < 4.78 is 25.7. The molecule has 0 aliphatic carbocycles. The van der Waals surface area contributed by atoms with Gasteiger partial charge in [-0.2, -0.15) is 4.39 Å². The van der Waals surface area contributed by atoms with Gasteiger partial charge in [-0.15, -0.1) is 0 Å². The van der Waals surface area contributed by atoms with Crippen molar-refractivity contribution < 1.29 is 33.4 Å². The number of ether oxygens (including phenoxy) is 2. The second kappa shape index (κ2) is 13.8. The summed E-state index contributed by atoms with van der Waals surface area (Å²) in [6.45, 7) is 6.46. The Labute approximate surface area is 238 Å². The van der Waals surface area contributed by atoms with E-state index in [0.29, 0.717) is 30.2 Å². The molecule has 3 aromatic carbocycles. The molecule has 1 unspecified atom stereocenters. The van der Waals surface area contributed by atoms with E-state index in [-0.39, 0.29) is 17.3 Å². The molecule has 0 spiro atoms. The topological polar surface area (TPSA) is 108 Å². The van der Waals surface area contributed by atoms with E-state index in [9.17, 15) is 19.5 Å². The first kappa shape index (κ1) is 29.5. The van der Waals surface area contributed by atoms with Gasteiger partial charge in [0.15, 0.2) is 0 Å². The Hall–Kier alpha value is -4.44. The molecule has 0 radical (unpaired) electrons. The van der Waals surface area contributed by atoms with Crippen molar-refractivity contribution in [2.45, 2.75) is 32.0 Å². The predicted molar refractivity (Wildman–Crippen MR) is 152 cm³/mol. The molecule has 41 heavy (non-hydrogen) atoms. The standard InChI is InChI=1S/C31H34FN3O6/c1-2-3-7-18-34-19-21-35(22-20-34)28(36)23-10-14-25(15-11-23)40-26-16-12-24(13-17-26)33-29(37)31(32,30(38)39)41-27-8-5-4-6-9-27/h4-6,8-17H,2-3,7,18-22H2,1H3,(H,33,37)(H,38,39). The molecule has 1 aliphatic heterocycles. The summed E-state index contributed by atoms with van der Waals surface area (Å²) in [5.41, 5.74) is 0.731. The molecule has 1 fully saturated rings. The fraction of sp³-hybridized carbons (Fsp3) is 0.323. The van der Waals surface area contributed by atoms with E-state index in [0.717, 1.165) is 19.6 Å². The number of carbonyl (C=O) groups is 3. The van der Waals surface area contributed by atoms with Crippen LogP contribution in [-0.2, 0) is 9.59 Å². The van der Waals surface area contributed by atoms with E-state index in [1.165, 1.54) is 67.8 Å². The molecule has 9 nitrogen and oxygen atoms in total. The van der Waals surface area contributed by atoms with Gasteiger partial charge in [-0.1, -0.05) is 38.0 Å². The van der Waals surface area contributed by atoms with Crippen molar-refractivity contribution in [3.8, 4) is 17.2 Å². The summed E-state index contributed by atoms with van der Waals surface area (Å²) in [6, 6.07) is 20.2. The Bertz CT molecular complexity index is 1310. The number of nitrogens with zero attached hydrogens (tertiary/aromatic N) is 2. The fourth-order valence-electron chi connectivity index (χ4n) is 4.40. The number of piperazine rings is 1. The maximum Gasteiger partial charge on any atom is 0.425 e. The van der Waals surface area contributed by atoms with Crippen LogP contribution in [0.2, 0.25) is 0 Å². The number of alkyl halides is 1. The van der Waals surface area contributed by atoms with Crippen molar-refractivity contribution in [2.75, 3.05) is 38.0 Å². The number of rotatable bonds is 12. The number of carboxylic acid groups (broad SMARTS) is 1. The number of carbonyl (C=O) groups excluding carboxylic acids is 2. The van der Waals surface area contributed by atoms with Crippen molar-refractivity contribution in [1.29, 1.82) is 0 Å². The Kier molecular flexibility index (Phi) is 9.91. The largest absolute Gasteiger partial charge is 0.476 e. The highest BCUT2D eigenvalue weighted by Gasteiger charge is 2.50. The summed E-state index contributed by atoms with van der Waals surface area (Å²) in [5, 5.41) is 11.5. The number of amides is 2. The summed E-state index contributed by atoms with van der Waals surface area (Å²) >= 11 is 0. The molecule has 2 amide bonds. The molecule has 0 aromatic heterocycles. The molecule has 4 rings (SSSR count). The summed E-state index contributed by atoms with van der Waals surface area (Å²) in [7, 11) is 0. The van der Waals surface area contributed by atoms with Crippen LogP contribution in [-0.4, -0.2) is 71.3 Å². The highest BCUT2D eigenvalue weighted by atomic mass is 19.2. The van der Waals surface area contributed by atoms with Crippen molar-refractivity contribution in [1.82, 2.24) is 9.80 Å². The van der Waals surface area contributed by atoms with Gasteiger partial charge in [0.1, 0.15) is 17.2 Å². The van der Waals surface area contributed by atoms with Crippen LogP contribution in [0.3, 0.4) is 0 Å². The quantitative estimate of drug-likeness (QED) is 0.231. The van der Waals surface area contributed by atoms with Gasteiger partial charge in [0, 0.05) is 37.4 Å². The van der Waals surface area contributed by atoms with Crippen LogP contribution in [0.4, 0.5) is 10.1 Å². The number of carboxylic acids is 1. The zero-order chi connectivity index (χ0) is 29.2. The number of nitrogens with one attached hydrogen (secondary N) is 1. The van der Waals surface area contributed by atoms with E-state index >= 15 is 4.39 Å². The molecular weight excluding hydrogens is 529 g/mol. The van der Waals surface area contributed by atoms with Crippen LogP contribution in [0.1, 0.15) is 36.5 Å². The molecule has 1 aliphatic rings. The summed E-state index contributed by atoms with van der Waals surface area (Å²) in [4.78, 5) is 41.2. The lowest BCUT2D eigenvalue weighted by molar-refractivity contribution is -0.178. The molecule has 1 heterocycles. The average Bonchev–Trinajstić information content (AvgIpc) is 2.99. The first-order valence-electron chi connectivity index (χ1n) is 13.7. The van der Waals surface area contributed by atoms with Gasteiger partial charge in [-0.25, -0.2) is 4.79 Å². The second-order valence-electron chi connectivity index (χ2n) is 9.76. The predicted octanol–water partition coefficient (Wildman–Crippen LogP) is 5.19.